The summed E-state index contributed by atoms with van der Waals surface area (Å²) in [5, 5.41) is 9.06. The molecule has 0 saturated carbocycles. The van der Waals surface area contributed by atoms with Crippen LogP contribution in [0.3, 0.4) is 0 Å². The fourth-order valence-corrected chi connectivity index (χ4v) is 1.51. The SMILES string of the molecule is CC(O)CN1CC(CN)CC1=O. The summed E-state index contributed by atoms with van der Waals surface area (Å²) in [7, 11) is 0. The zero-order valence-electron chi connectivity index (χ0n) is 7.36. The number of aliphatic hydroxyl groups excluding tert-OH is 1. The molecule has 70 valence electrons. The number of rotatable bonds is 3. The second-order valence-electron chi connectivity index (χ2n) is 3.45. The van der Waals surface area contributed by atoms with Crippen LogP contribution in [0.4, 0.5) is 0 Å². The van der Waals surface area contributed by atoms with Crippen molar-refractivity contribution in [3.05, 3.63) is 0 Å². The predicted octanol–water partition coefficient (Wildman–Crippen LogP) is -0.826. The zero-order chi connectivity index (χ0) is 9.14. The smallest absolute Gasteiger partial charge is 0.223 e. The van der Waals surface area contributed by atoms with Gasteiger partial charge in [0.25, 0.3) is 0 Å². The molecule has 1 aliphatic heterocycles. The monoisotopic (exact) mass is 172 g/mol. The number of nitrogens with zero attached hydrogens (tertiary/aromatic N) is 1. The van der Waals surface area contributed by atoms with E-state index in [0.717, 1.165) is 0 Å². The molecule has 1 heterocycles. The van der Waals surface area contributed by atoms with E-state index in [4.69, 9.17) is 10.8 Å². The molecule has 0 bridgehead atoms. The van der Waals surface area contributed by atoms with Crippen LogP contribution in [-0.2, 0) is 4.79 Å². The van der Waals surface area contributed by atoms with Crippen molar-refractivity contribution in [2.24, 2.45) is 11.7 Å². The highest BCUT2D eigenvalue weighted by atomic mass is 16.3. The van der Waals surface area contributed by atoms with Crippen molar-refractivity contribution in [1.29, 1.82) is 0 Å². The van der Waals surface area contributed by atoms with E-state index < -0.39 is 6.10 Å². The highest BCUT2D eigenvalue weighted by molar-refractivity contribution is 5.78. The Labute approximate surface area is 72.3 Å². The number of hydrogen-bond acceptors (Lipinski definition) is 3. The minimum Gasteiger partial charge on any atom is -0.392 e. The molecule has 1 rings (SSSR count). The fraction of sp³-hybridized carbons (Fsp3) is 0.875. The molecule has 2 unspecified atom stereocenters. The number of likely N-dealkylation sites (tertiary alicyclic amines) is 1. The first kappa shape index (κ1) is 9.48. The number of amides is 1. The Morgan fingerprint density at radius 1 is 1.83 bits per heavy atom. The first-order chi connectivity index (χ1) is 5.63. The molecule has 2 atom stereocenters. The maximum atomic E-state index is 11.2. The molecular formula is C8H16N2O2. The van der Waals surface area contributed by atoms with Gasteiger partial charge < -0.3 is 15.7 Å². The molecule has 0 aromatic carbocycles. The number of hydrogen-bond donors (Lipinski definition) is 2. The van der Waals surface area contributed by atoms with Gasteiger partial charge in [0.2, 0.25) is 5.91 Å². The van der Waals surface area contributed by atoms with Crippen molar-refractivity contribution >= 4 is 5.91 Å². The molecule has 4 nitrogen and oxygen atoms in total. The molecule has 1 fully saturated rings. The predicted molar refractivity (Wildman–Crippen MR) is 45.4 cm³/mol. The van der Waals surface area contributed by atoms with Crippen molar-refractivity contribution in [2.75, 3.05) is 19.6 Å². The highest BCUT2D eigenvalue weighted by Crippen LogP contribution is 2.16. The summed E-state index contributed by atoms with van der Waals surface area (Å²) in [6.45, 7) is 3.39. The van der Waals surface area contributed by atoms with Gasteiger partial charge in [0.05, 0.1) is 6.10 Å². The molecule has 12 heavy (non-hydrogen) atoms. The van der Waals surface area contributed by atoms with Crippen molar-refractivity contribution in [2.45, 2.75) is 19.4 Å². The average Bonchev–Trinajstić information content (AvgIpc) is 2.31. The minimum absolute atomic E-state index is 0.117. The van der Waals surface area contributed by atoms with Crippen LogP contribution in [0.25, 0.3) is 0 Å². The van der Waals surface area contributed by atoms with Crippen LogP contribution in [0, 0.1) is 5.92 Å². The second-order valence-corrected chi connectivity index (χ2v) is 3.45. The third kappa shape index (κ3) is 2.19. The Kier molecular flexibility index (Phi) is 3.05. The van der Waals surface area contributed by atoms with Crippen LogP contribution in [0.15, 0.2) is 0 Å². The summed E-state index contributed by atoms with van der Waals surface area (Å²) in [4.78, 5) is 12.9. The fourth-order valence-electron chi connectivity index (χ4n) is 1.51. The van der Waals surface area contributed by atoms with Gasteiger partial charge in [-0.1, -0.05) is 0 Å². The van der Waals surface area contributed by atoms with E-state index >= 15 is 0 Å². The maximum absolute atomic E-state index is 11.2. The third-order valence-electron chi connectivity index (χ3n) is 2.11. The number of nitrogens with two attached hydrogens (primary N) is 1. The number of carbonyl (C=O) groups is 1. The molecule has 0 aromatic heterocycles. The quantitative estimate of drug-likeness (QED) is 0.584. The molecule has 1 saturated heterocycles. The number of β-amino-alcohol motifs (C(OH)–C–C–N with tert-alkyl or cyclic N) is 1. The highest BCUT2D eigenvalue weighted by Gasteiger charge is 2.28. The van der Waals surface area contributed by atoms with Crippen molar-refractivity contribution in [3.63, 3.8) is 0 Å². The topological polar surface area (TPSA) is 66.6 Å². The summed E-state index contributed by atoms with van der Waals surface area (Å²) >= 11 is 0. The molecular weight excluding hydrogens is 156 g/mol. The van der Waals surface area contributed by atoms with E-state index in [2.05, 4.69) is 0 Å². The maximum Gasteiger partial charge on any atom is 0.223 e. The van der Waals surface area contributed by atoms with Gasteiger partial charge in [-0.3, -0.25) is 4.79 Å². The molecule has 0 aromatic rings. The first-order valence-corrected chi connectivity index (χ1v) is 4.29. The van der Waals surface area contributed by atoms with E-state index in [9.17, 15) is 4.79 Å². The lowest BCUT2D eigenvalue weighted by Crippen LogP contribution is -2.32. The number of carbonyl (C=O) groups excluding carboxylic acids is 1. The third-order valence-corrected chi connectivity index (χ3v) is 2.11. The van der Waals surface area contributed by atoms with Crippen LogP contribution >= 0.6 is 0 Å². The Morgan fingerprint density at radius 3 is 2.92 bits per heavy atom. The van der Waals surface area contributed by atoms with E-state index in [1.165, 1.54) is 0 Å². The lowest BCUT2D eigenvalue weighted by molar-refractivity contribution is -0.128. The summed E-state index contributed by atoms with van der Waals surface area (Å²) in [6, 6.07) is 0. The number of aliphatic hydroxyl groups is 1. The van der Waals surface area contributed by atoms with Gasteiger partial charge >= 0.3 is 0 Å². The van der Waals surface area contributed by atoms with Gasteiger partial charge in [-0.15, -0.1) is 0 Å². The Morgan fingerprint density at radius 2 is 2.50 bits per heavy atom. The van der Waals surface area contributed by atoms with Crippen LogP contribution in [-0.4, -0.2) is 41.7 Å². The van der Waals surface area contributed by atoms with Gasteiger partial charge in [-0.05, 0) is 19.4 Å². The van der Waals surface area contributed by atoms with Gasteiger partial charge in [0.15, 0.2) is 0 Å². The lowest BCUT2D eigenvalue weighted by Gasteiger charge is -2.17. The van der Waals surface area contributed by atoms with Crippen LogP contribution in [0.5, 0.6) is 0 Å². The standard InChI is InChI=1S/C8H16N2O2/c1-6(11)4-10-5-7(3-9)2-8(10)12/h6-7,11H,2-5,9H2,1H3. The van der Waals surface area contributed by atoms with Crippen molar-refractivity contribution in [3.8, 4) is 0 Å². The summed E-state index contributed by atoms with van der Waals surface area (Å²) < 4.78 is 0. The minimum atomic E-state index is -0.439. The van der Waals surface area contributed by atoms with Crippen molar-refractivity contribution < 1.29 is 9.90 Å². The summed E-state index contributed by atoms with van der Waals surface area (Å²) in [5.41, 5.74) is 5.45. The Hall–Kier alpha value is -0.610. The Balaban J connectivity index is 2.41. The van der Waals surface area contributed by atoms with Gasteiger partial charge in [-0.2, -0.15) is 0 Å². The Bertz CT molecular complexity index is 170. The second kappa shape index (κ2) is 3.87. The van der Waals surface area contributed by atoms with Gasteiger partial charge in [0.1, 0.15) is 0 Å². The summed E-state index contributed by atoms with van der Waals surface area (Å²) in [5.74, 6) is 0.405. The van der Waals surface area contributed by atoms with E-state index in [1.807, 2.05) is 0 Å². The largest absolute Gasteiger partial charge is 0.392 e. The molecule has 1 amide bonds. The first-order valence-electron chi connectivity index (χ1n) is 4.29. The molecule has 0 spiro atoms. The van der Waals surface area contributed by atoms with E-state index in [1.54, 1.807) is 11.8 Å². The molecule has 1 aliphatic rings. The van der Waals surface area contributed by atoms with Crippen LogP contribution in [0.2, 0.25) is 0 Å². The summed E-state index contributed by atoms with van der Waals surface area (Å²) in [6.07, 6.45) is 0.105. The molecule has 4 heteroatoms. The normalized spacial score (nSPS) is 26.4. The van der Waals surface area contributed by atoms with Gasteiger partial charge in [0, 0.05) is 19.5 Å². The zero-order valence-corrected chi connectivity index (χ0v) is 7.36. The van der Waals surface area contributed by atoms with Gasteiger partial charge in [-0.25, -0.2) is 0 Å². The van der Waals surface area contributed by atoms with Crippen molar-refractivity contribution in [1.82, 2.24) is 4.90 Å². The van der Waals surface area contributed by atoms with Crippen LogP contribution in [0.1, 0.15) is 13.3 Å². The molecule has 0 radical (unpaired) electrons. The van der Waals surface area contributed by atoms with E-state index in [-0.39, 0.29) is 11.8 Å². The average molecular weight is 172 g/mol. The lowest BCUT2D eigenvalue weighted by atomic mass is 10.1. The van der Waals surface area contributed by atoms with Crippen LogP contribution < -0.4 is 5.73 Å². The molecule has 0 aliphatic carbocycles. The van der Waals surface area contributed by atoms with E-state index in [0.29, 0.717) is 26.1 Å². The molecule has 3 N–H and O–H groups in total.